The summed E-state index contributed by atoms with van der Waals surface area (Å²) in [4.78, 5) is 25.0. The molecule has 11 nitrogen and oxygen atoms in total. The highest BCUT2D eigenvalue weighted by atomic mass is 16.7. The molecule has 0 aromatic heterocycles. The van der Waals surface area contributed by atoms with Crippen molar-refractivity contribution in [2.45, 2.75) is 281 Å². The fraction of sp³-hybridized carbons (Fsp3) is 0.855. The van der Waals surface area contributed by atoms with Gasteiger partial charge < -0.3 is 45.1 Å². The van der Waals surface area contributed by atoms with E-state index in [1.54, 1.807) is 6.08 Å². The van der Waals surface area contributed by atoms with Gasteiger partial charge in [-0.1, -0.05) is 211 Å². The minimum atomic E-state index is -1.58. The van der Waals surface area contributed by atoms with Gasteiger partial charge in [-0.3, -0.25) is 9.59 Å². The summed E-state index contributed by atoms with van der Waals surface area (Å²) < 4.78 is 16.6. The fourth-order valence-corrected chi connectivity index (χ4v) is 8.36. The van der Waals surface area contributed by atoms with Crippen molar-refractivity contribution in [2.75, 3.05) is 19.8 Å². The largest absolute Gasteiger partial charge is 0.466 e. The quantitative estimate of drug-likeness (QED) is 0.0196. The zero-order chi connectivity index (χ0) is 48.1. The number of hydrogen-bond donors (Lipinski definition) is 6. The van der Waals surface area contributed by atoms with Gasteiger partial charge in [0.05, 0.1) is 32.0 Å². The van der Waals surface area contributed by atoms with E-state index in [-0.39, 0.29) is 18.5 Å². The molecule has 1 fully saturated rings. The summed E-state index contributed by atoms with van der Waals surface area (Å²) in [6.45, 7) is 4.21. The molecule has 1 saturated heterocycles. The Morgan fingerprint density at radius 1 is 0.545 bits per heavy atom. The number of nitrogens with one attached hydrogen (secondary N) is 1. The maximum atomic E-state index is 13.0. The molecule has 7 unspecified atom stereocenters. The molecule has 0 aromatic rings. The lowest BCUT2D eigenvalue weighted by atomic mass is 9.99. The highest BCUT2D eigenvalue weighted by Crippen LogP contribution is 2.23. The van der Waals surface area contributed by atoms with E-state index in [2.05, 4.69) is 43.5 Å². The minimum Gasteiger partial charge on any atom is -0.466 e. The molecule has 11 heteroatoms. The van der Waals surface area contributed by atoms with Crippen molar-refractivity contribution in [1.82, 2.24) is 5.32 Å². The summed E-state index contributed by atoms with van der Waals surface area (Å²) in [7, 11) is 0. The van der Waals surface area contributed by atoms with E-state index in [0.717, 1.165) is 89.9 Å². The number of carbonyl (C=O) groups excluding carboxylic acids is 2. The normalized spacial score (nSPS) is 19.9. The predicted molar refractivity (Wildman–Crippen MR) is 269 cm³/mol. The standard InChI is InChI=1S/C55H101NO10/c1-3-5-7-9-11-13-21-25-29-33-37-41-48(58)47(46-65-55-54(63)53(62)52(61)49(45-57)66-55)56-50(59)42-38-34-30-26-23-19-17-15-16-18-20-24-28-32-36-40-44-64-51(60)43-39-35-31-27-22-14-12-10-8-6-4-2/h7,9,21,25,37,41,47-49,52-55,57-58,61-63H,3-6,8,10-20,22-24,26-36,38-40,42-46H2,1-2H3,(H,56,59)/b9-7+,25-21+,41-37+. The van der Waals surface area contributed by atoms with E-state index in [9.17, 15) is 35.1 Å². The molecule has 0 bridgehead atoms. The molecule has 0 aromatic carbocycles. The smallest absolute Gasteiger partial charge is 0.305 e. The van der Waals surface area contributed by atoms with Crippen LogP contribution < -0.4 is 5.32 Å². The zero-order valence-corrected chi connectivity index (χ0v) is 42.2. The van der Waals surface area contributed by atoms with E-state index < -0.39 is 49.5 Å². The highest BCUT2D eigenvalue weighted by Gasteiger charge is 2.44. The highest BCUT2D eigenvalue weighted by molar-refractivity contribution is 5.76. The van der Waals surface area contributed by atoms with Gasteiger partial charge in [-0.15, -0.1) is 0 Å². The second-order valence-electron chi connectivity index (χ2n) is 18.9. The second-order valence-corrected chi connectivity index (χ2v) is 18.9. The number of unbranched alkanes of at least 4 members (excludes halogenated alkanes) is 28. The van der Waals surface area contributed by atoms with Gasteiger partial charge in [-0.25, -0.2) is 0 Å². The Kier molecular flexibility index (Phi) is 42.5. The molecule has 66 heavy (non-hydrogen) atoms. The van der Waals surface area contributed by atoms with Crippen molar-refractivity contribution in [3.63, 3.8) is 0 Å². The van der Waals surface area contributed by atoms with Crippen molar-refractivity contribution < 1.29 is 49.3 Å². The Morgan fingerprint density at radius 2 is 0.985 bits per heavy atom. The van der Waals surface area contributed by atoms with Gasteiger partial charge in [-0.05, 0) is 51.4 Å². The molecule has 1 aliphatic rings. The molecule has 0 spiro atoms. The van der Waals surface area contributed by atoms with E-state index >= 15 is 0 Å². The van der Waals surface area contributed by atoms with Crippen LogP contribution in [0, 0.1) is 0 Å². The van der Waals surface area contributed by atoms with E-state index in [1.165, 1.54) is 122 Å². The van der Waals surface area contributed by atoms with Crippen LogP contribution >= 0.6 is 0 Å². The van der Waals surface area contributed by atoms with Crippen molar-refractivity contribution in [2.24, 2.45) is 0 Å². The lowest BCUT2D eigenvalue weighted by Gasteiger charge is -2.40. The van der Waals surface area contributed by atoms with Gasteiger partial charge in [0.2, 0.25) is 5.91 Å². The Balaban J connectivity index is 2.13. The van der Waals surface area contributed by atoms with Crippen LogP contribution in [0.1, 0.15) is 239 Å². The number of amides is 1. The summed E-state index contributed by atoms with van der Waals surface area (Å²) >= 11 is 0. The van der Waals surface area contributed by atoms with Crippen LogP contribution in [-0.4, -0.2) is 100 Å². The Bertz CT molecular complexity index is 1190. The number of aliphatic hydroxyl groups excluding tert-OH is 5. The van der Waals surface area contributed by atoms with Crippen molar-refractivity contribution in [3.8, 4) is 0 Å². The van der Waals surface area contributed by atoms with Crippen LogP contribution in [0.15, 0.2) is 36.5 Å². The number of hydrogen-bond acceptors (Lipinski definition) is 10. The number of rotatable bonds is 46. The number of ether oxygens (including phenoxy) is 3. The van der Waals surface area contributed by atoms with Gasteiger partial charge in [0.15, 0.2) is 6.29 Å². The summed E-state index contributed by atoms with van der Waals surface area (Å²) in [6, 6.07) is -0.838. The maximum absolute atomic E-state index is 13.0. The zero-order valence-electron chi connectivity index (χ0n) is 42.2. The number of allylic oxidation sites excluding steroid dienone is 5. The molecule has 6 N–H and O–H groups in total. The van der Waals surface area contributed by atoms with Crippen molar-refractivity contribution in [3.05, 3.63) is 36.5 Å². The first kappa shape index (κ1) is 61.9. The summed E-state index contributed by atoms with van der Waals surface area (Å²) in [5, 5.41) is 54.2. The topological polar surface area (TPSA) is 175 Å². The average Bonchev–Trinajstić information content (AvgIpc) is 3.31. The summed E-state index contributed by atoms with van der Waals surface area (Å²) in [5.74, 6) is -0.222. The van der Waals surface area contributed by atoms with Crippen LogP contribution in [0.2, 0.25) is 0 Å². The molecule has 0 aliphatic carbocycles. The molecule has 1 heterocycles. The monoisotopic (exact) mass is 936 g/mol. The first-order valence-electron chi connectivity index (χ1n) is 27.3. The molecule has 1 aliphatic heterocycles. The molecule has 1 amide bonds. The van der Waals surface area contributed by atoms with Gasteiger partial charge in [-0.2, -0.15) is 0 Å². The number of aliphatic hydroxyl groups is 5. The van der Waals surface area contributed by atoms with E-state index in [0.29, 0.717) is 19.4 Å². The van der Waals surface area contributed by atoms with Crippen LogP contribution in [0.5, 0.6) is 0 Å². The molecular formula is C55H101NO10. The SMILES string of the molecule is CCC/C=C/CC/C=C/CC/C=C/C(O)C(COC1OC(CO)C(O)C(O)C1O)NC(=O)CCCCCCCCCCCCCCCCCCOC(=O)CCCCCCCCCCCCC. The lowest BCUT2D eigenvalue weighted by Crippen LogP contribution is -2.60. The van der Waals surface area contributed by atoms with Gasteiger partial charge >= 0.3 is 5.97 Å². The molecular weight excluding hydrogens is 835 g/mol. The van der Waals surface area contributed by atoms with Crippen LogP contribution in [0.25, 0.3) is 0 Å². The third-order valence-corrected chi connectivity index (χ3v) is 12.7. The summed E-state index contributed by atoms with van der Waals surface area (Å²) in [6.07, 6.45) is 43.7. The Labute approximate surface area is 403 Å². The van der Waals surface area contributed by atoms with Crippen molar-refractivity contribution in [1.29, 1.82) is 0 Å². The van der Waals surface area contributed by atoms with Crippen LogP contribution in [0.4, 0.5) is 0 Å². The third kappa shape index (κ3) is 35.1. The van der Waals surface area contributed by atoms with Gasteiger partial charge in [0, 0.05) is 12.8 Å². The first-order chi connectivity index (χ1) is 32.2. The van der Waals surface area contributed by atoms with Crippen molar-refractivity contribution >= 4 is 11.9 Å². The lowest BCUT2D eigenvalue weighted by molar-refractivity contribution is -0.302. The fourth-order valence-electron chi connectivity index (χ4n) is 8.36. The predicted octanol–water partition coefficient (Wildman–Crippen LogP) is 11.6. The van der Waals surface area contributed by atoms with E-state index in [4.69, 9.17) is 14.2 Å². The van der Waals surface area contributed by atoms with Gasteiger partial charge in [0.1, 0.15) is 24.4 Å². The van der Waals surface area contributed by atoms with Crippen LogP contribution in [-0.2, 0) is 23.8 Å². The molecule has 0 radical (unpaired) electrons. The third-order valence-electron chi connectivity index (χ3n) is 12.7. The van der Waals surface area contributed by atoms with Crippen LogP contribution in [0.3, 0.4) is 0 Å². The Hall–Kier alpha value is -2.12. The molecule has 386 valence electrons. The molecule has 1 rings (SSSR count). The minimum absolute atomic E-state index is 0.0170. The second kappa shape index (κ2) is 45.3. The molecule has 0 saturated carbocycles. The maximum Gasteiger partial charge on any atom is 0.305 e. The molecule has 7 atom stereocenters. The number of carbonyl (C=O) groups is 2. The van der Waals surface area contributed by atoms with Gasteiger partial charge in [0.25, 0.3) is 0 Å². The number of esters is 1. The first-order valence-corrected chi connectivity index (χ1v) is 27.3. The summed E-state index contributed by atoms with van der Waals surface area (Å²) in [5.41, 5.74) is 0. The average molecular weight is 936 g/mol. The van der Waals surface area contributed by atoms with E-state index in [1.807, 2.05) is 6.08 Å². The Morgan fingerprint density at radius 3 is 1.47 bits per heavy atom.